The summed E-state index contributed by atoms with van der Waals surface area (Å²) in [5, 5.41) is 0. The van der Waals surface area contributed by atoms with Crippen LogP contribution >= 0.6 is 0 Å². The molecule has 0 amide bonds. The first-order valence-electron chi connectivity index (χ1n) is 22.4. The molecule has 0 fully saturated rings. The summed E-state index contributed by atoms with van der Waals surface area (Å²) < 4.78 is 0. The van der Waals surface area contributed by atoms with Crippen LogP contribution in [0.3, 0.4) is 0 Å². The summed E-state index contributed by atoms with van der Waals surface area (Å²) in [6.45, 7) is 8.77. The molecule has 0 aromatic heterocycles. The van der Waals surface area contributed by atoms with Gasteiger partial charge in [-0.1, -0.05) is 125 Å². The van der Waals surface area contributed by atoms with E-state index in [0.29, 0.717) is 0 Å². The number of fused-ring (bicyclic) bond motifs is 3. The van der Waals surface area contributed by atoms with Crippen LogP contribution in [0.2, 0.25) is 0 Å². The number of rotatable bonds is 8. The summed E-state index contributed by atoms with van der Waals surface area (Å²) in [6, 6.07) is 72.6. The van der Waals surface area contributed by atoms with Gasteiger partial charge in [-0.15, -0.1) is 0 Å². The third kappa shape index (κ3) is 6.89. The molecule has 0 bridgehead atoms. The van der Waals surface area contributed by atoms with Gasteiger partial charge < -0.3 is 19.6 Å². The minimum Gasteiger partial charge on any atom is -0.338 e. The first-order chi connectivity index (χ1) is 30.9. The van der Waals surface area contributed by atoms with Gasteiger partial charge in [-0.2, -0.15) is 0 Å². The van der Waals surface area contributed by atoms with E-state index in [4.69, 9.17) is 0 Å². The van der Waals surface area contributed by atoms with E-state index < -0.39 is 0 Å². The highest BCUT2D eigenvalue weighted by atomic mass is 15.2. The van der Waals surface area contributed by atoms with E-state index in [0.717, 1.165) is 42.0 Å². The Morgan fingerprint density at radius 1 is 0.444 bits per heavy atom. The summed E-state index contributed by atoms with van der Waals surface area (Å²) in [6.07, 6.45) is 2.94. The molecule has 8 aromatic carbocycles. The fourth-order valence-corrected chi connectivity index (χ4v) is 10.4. The molecule has 1 aliphatic carbocycles. The zero-order valence-corrected chi connectivity index (χ0v) is 36.5. The van der Waals surface area contributed by atoms with Crippen LogP contribution in [0.25, 0.3) is 0 Å². The molecule has 1 atom stereocenters. The van der Waals surface area contributed by atoms with Crippen LogP contribution in [0.5, 0.6) is 0 Å². The van der Waals surface area contributed by atoms with Crippen LogP contribution in [-0.4, -0.2) is 12.8 Å². The lowest BCUT2D eigenvalue weighted by Gasteiger charge is -2.48. The van der Waals surface area contributed by atoms with E-state index in [1.54, 1.807) is 0 Å². The first-order valence-corrected chi connectivity index (χ1v) is 22.4. The van der Waals surface area contributed by atoms with Gasteiger partial charge in [0.25, 0.3) is 0 Å². The molecular weight excluding hydrogens is 763 g/mol. The van der Waals surface area contributed by atoms with Crippen molar-refractivity contribution in [2.75, 3.05) is 19.6 Å². The monoisotopic (exact) mass is 814 g/mol. The standard InChI is InChI=1S/C58H51BN4/c1-40-18-26-46(27-19-40)60(47-28-20-41(2)21-29-47)50-34-36-52-56(38-50)62(44-12-7-5-8-13-44)54-16-11-17-55-58(54)59(52)53-37-35-51(39-57(53)63(55)45-14-9-6-10-15-45)61(48-30-22-42(3)23-31-48)49-32-24-43(4)25-33-49/h5-34,36,38,51H,35,37,39H2,1-4H3. The minimum atomic E-state index is 0.107. The molecule has 0 N–H and O–H groups in total. The Balaban J connectivity index is 1.12. The van der Waals surface area contributed by atoms with Gasteiger partial charge in [0.1, 0.15) is 0 Å². The van der Waals surface area contributed by atoms with Crippen LogP contribution in [0.15, 0.2) is 205 Å². The fraction of sp³-hybridized carbons (Fsp3) is 0.138. The average Bonchev–Trinajstić information content (AvgIpc) is 3.32. The largest absolute Gasteiger partial charge is 0.338 e. The van der Waals surface area contributed by atoms with Crippen molar-refractivity contribution < 1.29 is 0 Å². The number of hydrogen-bond donors (Lipinski definition) is 0. The highest BCUT2D eigenvalue weighted by Crippen LogP contribution is 2.49. The van der Waals surface area contributed by atoms with Crippen LogP contribution < -0.4 is 30.5 Å². The molecule has 2 aliphatic heterocycles. The van der Waals surface area contributed by atoms with Crippen LogP contribution in [-0.2, 0) is 0 Å². The van der Waals surface area contributed by atoms with Crippen molar-refractivity contribution in [3.8, 4) is 0 Å². The maximum Gasteiger partial charge on any atom is 0.247 e. The summed E-state index contributed by atoms with van der Waals surface area (Å²) in [4.78, 5) is 10.2. The molecule has 63 heavy (non-hydrogen) atoms. The summed E-state index contributed by atoms with van der Waals surface area (Å²) in [5.74, 6) is 0. The lowest BCUT2D eigenvalue weighted by Crippen LogP contribution is -2.57. The predicted octanol–water partition coefficient (Wildman–Crippen LogP) is 14.1. The first kappa shape index (κ1) is 38.7. The molecule has 1 unspecified atom stereocenters. The lowest BCUT2D eigenvalue weighted by atomic mass is 9.32. The molecule has 0 spiro atoms. The van der Waals surface area contributed by atoms with Crippen molar-refractivity contribution in [2.24, 2.45) is 0 Å². The molecule has 8 aromatic rings. The summed E-state index contributed by atoms with van der Waals surface area (Å²) in [7, 11) is 0. The second kappa shape index (κ2) is 15.9. The number of anilines is 10. The zero-order chi connectivity index (χ0) is 42.6. The van der Waals surface area contributed by atoms with Crippen molar-refractivity contribution in [1.29, 1.82) is 0 Å². The van der Waals surface area contributed by atoms with Crippen molar-refractivity contribution in [1.82, 2.24) is 0 Å². The highest BCUT2D eigenvalue weighted by molar-refractivity contribution is 6.95. The van der Waals surface area contributed by atoms with E-state index in [-0.39, 0.29) is 12.8 Å². The molecule has 0 saturated carbocycles. The second-order valence-corrected chi connectivity index (χ2v) is 17.6. The van der Waals surface area contributed by atoms with Gasteiger partial charge in [-0.05, 0) is 149 Å². The van der Waals surface area contributed by atoms with Gasteiger partial charge in [-0.3, -0.25) is 0 Å². The second-order valence-electron chi connectivity index (χ2n) is 17.6. The van der Waals surface area contributed by atoms with Crippen LogP contribution in [0, 0.1) is 27.7 Å². The summed E-state index contributed by atoms with van der Waals surface area (Å²) in [5.41, 5.74) is 22.7. The SMILES string of the molecule is Cc1ccc(N(c2ccc(C)cc2)c2ccc3c(c2)N(c2ccccc2)c2cccc4c2B3C2=C(CC(N(c3ccc(C)cc3)c3ccc(C)cc3)CC2)N4c2ccccc2)cc1. The fourth-order valence-electron chi connectivity index (χ4n) is 10.4. The Morgan fingerprint density at radius 3 is 1.43 bits per heavy atom. The van der Waals surface area contributed by atoms with Crippen molar-refractivity contribution in [3.63, 3.8) is 0 Å². The topological polar surface area (TPSA) is 13.0 Å². The number of aryl methyl sites for hydroxylation is 4. The molecule has 306 valence electrons. The molecule has 2 heterocycles. The van der Waals surface area contributed by atoms with Gasteiger partial charge in [0, 0.05) is 75.0 Å². The maximum atomic E-state index is 2.61. The van der Waals surface area contributed by atoms with Crippen molar-refractivity contribution in [2.45, 2.75) is 53.0 Å². The number of para-hydroxylation sites is 2. The average molecular weight is 815 g/mol. The Kier molecular flexibility index (Phi) is 9.76. The molecule has 0 saturated heterocycles. The Morgan fingerprint density at radius 2 is 0.905 bits per heavy atom. The van der Waals surface area contributed by atoms with E-state index in [9.17, 15) is 0 Å². The number of nitrogens with zero attached hydrogens (tertiary/aromatic N) is 4. The van der Waals surface area contributed by atoms with Gasteiger partial charge in [0.05, 0.1) is 0 Å². The zero-order valence-electron chi connectivity index (χ0n) is 36.5. The molecule has 11 rings (SSSR count). The number of allylic oxidation sites excluding steroid dienone is 1. The third-order valence-corrected chi connectivity index (χ3v) is 13.4. The van der Waals surface area contributed by atoms with Crippen molar-refractivity contribution >= 4 is 74.5 Å². The highest BCUT2D eigenvalue weighted by Gasteiger charge is 2.46. The van der Waals surface area contributed by atoms with E-state index in [1.165, 1.54) is 78.5 Å². The van der Waals surface area contributed by atoms with Crippen LogP contribution in [0.4, 0.5) is 56.9 Å². The quantitative estimate of drug-likeness (QED) is 0.142. The van der Waals surface area contributed by atoms with Crippen molar-refractivity contribution in [3.05, 3.63) is 228 Å². The maximum absolute atomic E-state index is 2.61. The normalized spacial score (nSPS) is 15.1. The van der Waals surface area contributed by atoms with Gasteiger partial charge in [0.2, 0.25) is 6.71 Å². The molecule has 3 aliphatic rings. The third-order valence-electron chi connectivity index (χ3n) is 13.4. The van der Waals surface area contributed by atoms with Crippen LogP contribution in [0.1, 0.15) is 41.5 Å². The molecular formula is C58H51BN4. The smallest absolute Gasteiger partial charge is 0.247 e. The van der Waals surface area contributed by atoms with Gasteiger partial charge in [-0.25, -0.2) is 0 Å². The molecule has 0 radical (unpaired) electrons. The Bertz CT molecular complexity index is 2870. The van der Waals surface area contributed by atoms with Gasteiger partial charge in [0.15, 0.2) is 0 Å². The minimum absolute atomic E-state index is 0.107. The molecule has 5 heteroatoms. The molecule has 4 nitrogen and oxygen atoms in total. The Labute approximate surface area is 373 Å². The van der Waals surface area contributed by atoms with E-state index >= 15 is 0 Å². The van der Waals surface area contributed by atoms with E-state index in [1.807, 2.05) is 0 Å². The summed E-state index contributed by atoms with van der Waals surface area (Å²) >= 11 is 0. The Hall–Kier alpha value is -7.24. The number of benzene rings is 8. The number of hydrogen-bond acceptors (Lipinski definition) is 4. The van der Waals surface area contributed by atoms with E-state index in [2.05, 4.69) is 241 Å². The lowest BCUT2D eigenvalue weighted by molar-refractivity contribution is 0.560. The predicted molar refractivity (Wildman–Crippen MR) is 268 cm³/mol. The van der Waals surface area contributed by atoms with Gasteiger partial charge >= 0.3 is 0 Å².